The van der Waals surface area contributed by atoms with Crippen molar-refractivity contribution in [3.8, 4) is 5.75 Å². The van der Waals surface area contributed by atoms with Crippen molar-refractivity contribution in [1.29, 1.82) is 0 Å². The van der Waals surface area contributed by atoms with Gasteiger partial charge in [-0.25, -0.2) is 4.79 Å². The van der Waals surface area contributed by atoms with Gasteiger partial charge in [0.15, 0.2) is 6.61 Å². The number of benzene rings is 1. The Labute approximate surface area is 164 Å². The first-order valence-corrected chi connectivity index (χ1v) is 9.58. The zero-order valence-corrected chi connectivity index (χ0v) is 16.4. The first-order valence-electron chi connectivity index (χ1n) is 9.58. The number of hydrogen-bond donors (Lipinski definition) is 2. The summed E-state index contributed by atoms with van der Waals surface area (Å²) < 4.78 is 16.1. The molecule has 8 heteroatoms. The fourth-order valence-electron chi connectivity index (χ4n) is 2.62. The van der Waals surface area contributed by atoms with Crippen molar-refractivity contribution in [2.75, 3.05) is 26.4 Å². The van der Waals surface area contributed by atoms with Crippen LogP contribution in [0.15, 0.2) is 24.3 Å². The Hall–Kier alpha value is -2.61. The van der Waals surface area contributed by atoms with Crippen molar-refractivity contribution in [2.24, 2.45) is 0 Å². The van der Waals surface area contributed by atoms with Gasteiger partial charge in [-0.15, -0.1) is 0 Å². The summed E-state index contributed by atoms with van der Waals surface area (Å²) in [6, 6.07) is 5.80. The molecule has 1 heterocycles. The van der Waals surface area contributed by atoms with Crippen molar-refractivity contribution in [1.82, 2.24) is 10.6 Å². The molecule has 1 aliphatic heterocycles. The Morgan fingerprint density at radius 2 is 2.00 bits per heavy atom. The van der Waals surface area contributed by atoms with Crippen molar-refractivity contribution in [3.05, 3.63) is 29.8 Å². The Morgan fingerprint density at radius 3 is 2.64 bits per heavy atom. The van der Waals surface area contributed by atoms with Gasteiger partial charge in [-0.05, 0) is 50.5 Å². The molecule has 8 nitrogen and oxygen atoms in total. The molecule has 2 amide bonds. The summed E-state index contributed by atoms with van der Waals surface area (Å²) in [4.78, 5) is 35.6. The van der Waals surface area contributed by atoms with Crippen LogP contribution in [0.3, 0.4) is 0 Å². The van der Waals surface area contributed by atoms with Gasteiger partial charge in [0.05, 0.1) is 11.7 Å². The zero-order valence-electron chi connectivity index (χ0n) is 16.4. The van der Waals surface area contributed by atoms with Gasteiger partial charge in [-0.3, -0.25) is 9.59 Å². The normalized spacial score (nSPS) is 16.9. The van der Waals surface area contributed by atoms with E-state index in [0.717, 1.165) is 25.9 Å². The number of esters is 1. The van der Waals surface area contributed by atoms with E-state index in [2.05, 4.69) is 10.6 Å². The van der Waals surface area contributed by atoms with Crippen LogP contribution in [-0.4, -0.2) is 56.3 Å². The average Bonchev–Trinajstić information content (AvgIpc) is 3.22. The number of nitrogens with one attached hydrogen (secondary N) is 2. The van der Waals surface area contributed by atoms with Crippen molar-refractivity contribution >= 4 is 17.8 Å². The molecule has 2 atom stereocenters. The van der Waals surface area contributed by atoms with Crippen LogP contribution >= 0.6 is 0 Å². The Balaban J connectivity index is 1.71. The molecule has 0 aliphatic carbocycles. The van der Waals surface area contributed by atoms with Gasteiger partial charge in [0, 0.05) is 13.2 Å². The third-order valence-corrected chi connectivity index (χ3v) is 4.20. The molecule has 0 spiro atoms. The lowest BCUT2D eigenvalue weighted by molar-refractivity contribution is -0.130. The van der Waals surface area contributed by atoms with Gasteiger partial charge in [0.1, 0.15) is 18.4 Å². The van der Waals surface area contributed by atoms with E-state index in [0.29, 0.717) is 24.5 Å². The number of carbonyl (C=O) groups excluding carboxylic acids is 3. The van der Waals surface area contributed by atoms with E-state index in [1.165, 1.54) is 0 Å². The minimum atomic E-state index is -0.696. The second kappa shape index (κ2) is 11.3. The molecule has 1 aromatic rings. The minimum absolute atomic E-state index is 0.120. The molecule has 1 aromatic carbocycles. The largest absolute Gasteiger partial charge is 0.491 e. The molecule has 1 aliphatic rings. The van der Waals surface area contributed by atoms with Gasteiger partial charge in [0.2, 0.25) is 5.91 Å². The first kappa shape index (κ1) is 21.7. The van der Waals surface area contributed by atoms with Crippen LogP contribution in [0.5, 0.6) is 5.75 Å². The van der Waals surface area contributed by atoms with Crippen LogP contribution in [0, 0.1) is 0 Å². The lowest BCUT2D eigenvalue weighted by Crippen LogP contribution is -2.46. The highest BCUT2D eigenvalue weighted by molar-refractivity contribution is 5.92. The molecule has 28 heavy (non-hydrogen) atoms. The van der Waals surface area contributed by atoms with Crippen molar-refractivity contribution < 1.29 is 28.6 Å². The summed E-state index contributed by atoms with van der Waals surface area (Å²) in [5.41, 5.74) is 0.311. The van der Waals surface area contributed by atoms with Crippen molar-refractivity contribution in [3.63, 3.8) is 0 Å². The summed E-state index contributed by atoms with van der Waals surface area (Å²) >= 11 is 0. The number of hydrogen-bond acceptors (Lipinski definition) is 6. The van der Waals surface area contributed by atoms with Crippen LogP contribution in [-0.2, 0) is 19.1 Å². The Bertz CT molecular complexity index is 655. The summed E-state index contributed by atoms with van der Waals surface area (Å²) in [6.45, 7) is 4.84. The Kier molecular flexibility index (Phi) is 8.74. The summed E-state index contributed by atoms with van der Waals surface area (Å²) in [6.07, 6.45) is 2.97. The van der Waals surface area contributed by atoms with Crippen LogP contribution in [0.2, 0.25) is 0 Å². The van der Waals surface area contributed by atoms with Gasteiger partial charge >= 0.3 is 5.97 Å². The van der Waals surface area contributed by atoms with Gasteiger partial charge in [0.25, 0.3) is 5.91 Å². The van der Waals surface area contributed by atoms with Crippen LogP contribution in [0.4, 0.5) is 0 Å². The van der Waals surface area contributed by atoms with E-state index >= 15 is 0 Å². The van der Waals surface area contributed by atoms with Crippen molar-refractivity contribution in [2.45, 2.75) is 45.3 Å². The third-order valence-electron chi connectivity index (χ3n) is 4.20. The highest BCUT2D eigenvalue weighted by Gasteiger charge is 2.18. The van der Waals surface area contributed by atoms with E-state index in [4.69, 9.17) is 14.2 Å². The molecule has 0 saturated carbocycles. The molecule has 0 aromatic heterocycles. The van der Waals surface area contributed by atoms with Gasteiger partial charge in [-0.2, -0.15) is 0 Å². The van der Waals surface area contributed by atoms with Crippen LogP contribution in [0.25, 0.3) is 0 Å². The molecule has 0 unspecified atom stereocenters. The second-order valence-corrected chi connectivity index (χ2v) is 6.63. The topological polar surface area (TPSA) is 103 Å². The quantitative estimate of drug-likeness (QED) is 0.584. The highest BCUT2D eigenvalue weighted by Crippen LogP contribution is 2.17. The smallest absolute Gasteiger partial charge is 0.338 e. The first-order chi connectivity index (χ1) is 13.5. The van der Waals surface area contributed by atoms with E-state index in [-0.39, 0.29) is 12.0 Å². The third kappa shape index (κ3) is 7.19. The molecule has 1 saturated heterocycles. The van der Waals surface area contributed by atoms with E-state index < -0.39 is 24.5 Å². The van der Waals surface area contributed by atoms with Crippen LogP contribution in [0.1, 0.15) is 43.5 Å². The van der Waals surface area contributed by atoms with Gasteiger partial charge in [-0.1, -0.05) is 6.92 Å². The molecule has 2 rings (SSSR count). The summed E-state index contributed by atoms with van der Waals surface area (Å²) in [5, 5.41) is 5.17. The lowest BCUT2D eigenvalue weighted by atomic mass is 10.2. The second-order valence-electron chi connectivity index (χ2n) is 6.63. The number of ether oxygens (including phenoxy) is 3. The molecule has 2 N–H and O–H groups in total. The van der Waals surface area contributed by atoms with Gasteiger partial charge < -0.3 is 24.8 Å². The maximum Gasteiger partial charge on any atom is 0.338 e. The molecular formula is C20H28N2O6. The Morgan fingerprint density at radius 1 is 1.25 bits per heavy atom. The monoisotopic (exact) mass is 392 g/mol. The average molecular weight is 392 g/mol. The summed E-state index contributed by atoms with van der Waals surface area (Å²) in [5.74, 6) is -0.801. The molecule has 0 bridgehead atoms. The maximum absolute atomic E-state index is 12.0. The van der Waals surface area contributed by atoms with E-state index in [1.54, 1.807) is 31.2 Å². The standard InChI is InChI=1S/C20H28N2O6/c1-3-10-21-19(24)14(2)22-18(23)13-28-20(25)15-6-8-16(9-7-15)27-12-17-5-4-11-26-17/h6-9,14,17H,3-5,10-13H2,1-2H3,(H,21,24)(H,22,23)/t14-,17+/m0/s1. The van der Waals surface area contributed by atoms with E-state index in [9.17, 15) is 14.4 Å². The van der Waals surface area contributed by atoms with Crippen LogP contribution < -0.4 is 15.4 Å². The van der Waals surface area contributed by atoms with E-state index in [1.807, 2.05) is 6.92 Å². The minimum Gasteiger partial charge on any atom is -0.491 e. The SMILES string of the molecule is CCCNC(=O)[C@H](C)NC(=O)COC(=O)c1ccc(OC[C@H]2CCCO2)cc1. The summed E-state index contributed by atoms with van der Waals surface area (Å²) in [7, 11) is 0. The molecular weight excluding hydrogens is 364 g/mol. The molecule has 154 valence electrons. The molecule has 1 fully saturated rings. The predicted molar refractivity (Wildman–Crippen MR) is 102 cm³/mol. The molecule has 0 radical (unpaired) electrons. The zero-order chi connectivity index (χ0) is 20.4. The maximum atomic E-state index is 12.0. The predicted octanol–water partition coefficient (Wildman–Crippen LogP) is 1.43. The number of rotatable bonds is 10. The fraction of sp³-hybridized carbons (Fsp3) is 0.550. The lowest BCUT2D eigenvalue weighted by Gasteiger charge is -2.14. The fourth-order valence-corrected chi connectivity index (χ4v) is 2.62. The highest BCUT2D eigenvalue weighted by atomic mass is 16.5. The number of carbonyl (C=O) groups is 3. The number of amides is 2.